The quantitative estimate of drug-likeness (QED) is 0.830. The summed E-state index contributed by atoms with van der Waals surface area (Å²) in [6.45, 7) is 5.41. The minimum absolute atomic E-state index is 0.0157. The van der Waals surface area contributed by atoms with Crippen LogP contribution in [0.2, 0.25) is 0 Å². The van der Waals surface area contributed by atoms with E-state index < -0.39 is 0 Å². The Labute approximate surface area is 164 Å². The summed E-state index contributed by atoms with van der Waals surface area (Å²) in [6.07, 6.45) is 2.04. The molecule has 0 radical (unpaired) electrons. The third-order valence-corrected chi connectivity index (χ3v) is 5.91. The third-order valence-electron chi connectivity index (χ3n) is 5.03. The minimum atomic E-state index is -0.112. The molecule has 1 aromatic carbocycles. The first-order valence-electron chi connectivity index (χ1n) is 9.31. The molecule has 0 bridgehead atoms. The van der Waals surface area contributed by atoms with Gasteiger partial charge in [0, 0.05) is 24.0 Å². The van der Waals surface area contributed by atoms with Gasteiger partial charge in [-0.3, -0.25) is 9.59 Å². The number of aryl methyl sites for hydroxylation is 1. The van der Waals surface area contributed by atoms with Gasteiger partial charge in [0.15, 0.2) is 6.61 Å². The Balaban J connectivity index is 1.40. The molecule has 0 unspecified atom stereocenters. The van der Waals surface area contributed by atoms with Crippen LogP contribution in [-0.4, -0.2) is 42.5 Å². The lowest BCUT2D eigenvalue weighted by atomic mass is 10.0. The number of benzene rings is 1. The van der Waals surface area contributed by atoms with E-state index in [0.29, 0.717) is 19.5 Å². The molecule has 0 atom stereocenters. The molecule has 2 amide bonds. The average molecular weight is 387 g/mol. The van der Waals surface area contributed by atoms with Crippen molar-refractivity contribution in [1.82, 2.24) is 10.2 Å². The first kappa shape index (κ1) is 19.4. The molecule has 1 fully saturated rings. The number of carbonyl (C=O) groups is 2. The van der Waals surface area contributed by atoms with Crippen molar-refractivity contribution in [3.05, 3.63) is 51.7 Å². The van der Waals surface area contributed by atoms with E-state index in [2.05, 4.69) is 5.32 Å². The van der Waals surface area contributed by atoms with Gasteiger partial charge in [0.2, 0.25) is 5.91 Å². The standard InChI is InChI=1S/C21H26N2O3S/c1-15-5-3-7-19(16(15)2)26-14-20(24)22-17-8-10-23(11-9-17)21(25)13-18-6-4-12-27-18/h3-7,12,17H,8-11,13-14H2,1-2H3,(H,22,24). The zero-order valence-electron chi connectivity index (χ0n) is 15.9. The Kier molecular flexibility index (Phi) is 6.50. The average Bonchev–Trinajstić information content (AvgIpc) is 3.16. The summed E-state index contributed by atoms with van der Waals surface area (Å²) in [4.78, 5) is 27.5. The van der Waals surface area contributed by atoms with Gasteiger partial charge in [-0.25, -0.2) is 0 Å². The largest absolute Gasteiger partial charge is 0.483 e. The van der Waals surface area contributed by atoms with E-state index in [-0.39, 0.29) is 24.5 Å². The second-order valence-electron chi connectivity index (χ2n) is 6.97. The fourth-order valence-corrected chi connectivity index (χ4v) is 3.94. The van der Waals surface area contributed by atoms with Gasteiger partial charge in [-0.1, -0.05) is 18.2 Å². The van der Waals surface area contributed by atoms with Gasteiger partial charge in [0.05, 0.1) is 6.42 Å². The van der Waals surface area contributed by atoms with Crippen LogP contribution in [0.15, 0.2) is 35.7 Å². The van der Waals surface area contributed by atoms with Crippen LogP contribution in [0.4, 0.5) is 0 Å². The number of amides is 2. The Morgan fingerprint density at radius 1 is 1.19 bits per heavy atom. The third kappa shape index (κ3) is 5.32. The predicted octanol–water partition coefficient (Wildman–Crippen LogP) is 3.09. The first-order chi connectivity index (χ1) is 13.0. The molecule has 1 aliphatic rings. The molecule has 2 aromatic rings. The van der Waals surface area contributed by atoms with Gasteiger partial charge < -0.3 is 15.0 Å². The summed E-state index contributed by atoms with van der Waals surface area (Å²) in [5, 5.41) is 5.02. The zero-order chi connectivity index (χ0) is 19.2. The van der Waals surface area contributed by atoms with E-state index >= 15 is 0 Å². The Bertz CT molecular complexity index is 781. The molecular weight excluding hydrogens is 360 g/mol. The normalized spacial score (nSPS) is 14.8. The lowest BCUT2D eigenvalue weighted by Crippen LogP contribution is -2.47. The maximum Gasteiger partial charge on any atom is 0.258 e. The number of hydrogen-bond acceptors (Lipinski definition) is 4. The van der Waals surface area contributed by atoms with Crippen LogP contribution in [0.1, 0.15) is 28.8 Å². The van der Waals surface area contributed by atoms with Crippen LogP contribution in [0.25, 0.3) is 0 Å². The number of nitrogens with one attached hydrogen (secondary N) is 1. The maximum absolute atomic E-state index is 12.3. The highest BCUT2D eigenvalue weighted by atomic mass is 32.1. The van der Waals surface area contributed by atoms with E-state index in [9.17, 15) is 9.59 Å². The van der Waals surface area contributed by atoms with Crippen molar-refractivity contribution < 1.29 is 14.3 Å². The van der Waals surface area contributed by atoms with Crippen LogP contribution in [0, 0.1) is 13.8 Å². The summed E-state index contributed by atoms with van der Waals surface area (Å²) in [5.41, 5.74) is 2.20. The fraction of sp³-hybridized carbons (Fsp3) is 0.429. The molecule has 0 spiro atoms. The smallest absolute Gasteiger partial charge is 0.258 e. The Morgan fingerprint density at radius 2 is 1.96 bits per heavy atom. The van der Waals surface area contributed by atoms with Crippen LogP contribution in [0.5, 0.6) is 5.75 Å². The van der Waals surface area contributed by atoms with E-state index in [4.69, 9.17) is 4.74 Å². The number of rotatable bonds is 6. The molecular formula is C21H26N2O3S. The van der Waals surface area contributed by atoms with Crippen molar-refractivity contribution in [2.75, 3.05) is 19.7 Å². The second-order valence-corrected chi connectivity index (χ2v) is 8.00. The Hall–Kier alpha value is -2.34. The molecule has 3 rings (SSSR count). The van der Waals surface area contributed by atoms with Crippen molar-refractivity contribution in [2.24, 2.45) is 0 Å². The van der Waals surface area contributed by atoms with Crippen LogP contribution in [0.3, 0.4) is 0 Å². The number of carbonyl (C=O) groups excluding carboxylic acids is 2. The van der Waals surface area contributed by atoms with Gasteiger partial charge in [-0.05, 0) is 55.3 Å². The molecule has 1 aromatic heterocycles. The molecule has 0 aliphatic carbocycles. The number of thiophene rings is 1. The van der Waals surface area contributed by atoms with Crippen molar-refractivity contribution in [2.45, 2.75) is 39.2 Å². The predicted molar refractivity (Wildman–Crippen MR) is 107 cm³/mol. The minimum Gasteiger partial charge on any atom is -0.483 e. The van der Waals surface area contributed by atoms with Crippen molar-refractivity contribution in [3.8, 4) is 5.75 Å². The van der Waals surface area contributed by atoms with Crippen LogP contribution < -0.4 is 10.1 Å². The summed E-state index contributed by atoms with van der Waals surface area (Å²) in [5.74, 6) is 0.805. The van der Waals surface area contributed by atoms with E-state index in [1.807, 2.05) is 54.5 Å². The Morgan fingerprint density at radius 3 is 2.67 bits per heavy atom. The summed E-state index contributed by atoms with van der Waals surface area (Å²) >= 11 is 1.61. The highest BCUT2D eigenvalue weighted by molar-refractivity contribution is 7.10. The number of likely N-dealkylation sites (tertiary alicyclic amines) is 1. The van der Waals surface area contributed by atoms with Crippen LogP contribution in [-0.2, 0) is 16.0 Å². The molecule has 1 N–H and O–H groups in total. The van der Waals surface area contributed by atoms with Gasteiger partial charge in [-0.2, -0.15) is 0 Å². The molecule has 27 heavy (non-hydrogen) atoms. The van der Waals surface area contributed by atoms with Gasteiger partial charge in [0.1, 0.15) is 5.75 Å². The van der Waals surface area contributed by atoms with Crippen molar-refractivity contribution >= 4 is 23.2 Å². The summed E-state index contributed by atoms with van der Waals surface area (Å²) in [7, 11) is 0. The van der Waals surface area contributed by atoms with E-state index in [1.54, 1.807) is 11.3 Å². The molecule has 5 nitrogen and oxygen atoms in total. The first-order valence-corrected chi connectivity index (χ1v) is 10.2. The number of hydrogen-bond donors (Lipinski definition) is 1. The SMILES string of the molecule is Cc1cccc(OCC(=O)NC2CCN(C(=O)Cc3cccs3)CC2)c1C. The number of ether oxygens (including phenoxy) is 1. The zero-order valence-corrected chi connectivity index (χ0v) is 16.7. The topological polar surface area (TPSA) is 58.6 Å². The summed E-state index contributed by atoms with van der Waals surface area (Å²) in [6, 6.07) is 9.90. The fourth-order valence-electron chi connectivity index (χ4n) is 3.24. The maximum atomic E-state index is 12.3. The van der Waals surface area contributed by atoms with E-state index in [0.717, 1.165) is 34.6 Å². The van der Waals surface area contributed by atoms with Crippen molar-refractivity contribution in [3.63, 3.8) is 0 Å². The lowest BCUT2D eigenvalue weighted by molar-refractivity contribution is -0.131. The van der Waals surface area contributed by atoms with E-state index in [1.165, 1.54) is 0 Å². The number of nitrogens with zero attached hydrogens (tertiary/aromatic N) is 1. The molecule has 1 saturated heterocycles. The highest BCUT2D eigenvalue weighted by Crippen LogP contribution is 2.20. The molecule has 2 heterocycles. The number of piperidine rings is 1. The van der Waals surface area contributed by atoms with Gasteiger partial charge >= 0.3 is 0 Å². The lowest BCUT2D eigenvalue weighted by Gasteiger charge is -2.32. The monoisotopic (exact) mass is 386 g/mol. The van der Waals surface area contributed by atoms with Gasteiger partial charge in [0.25, 0.3) is 5.91 Å². The molecule has 144 valence electrons. The van der Waals surface area contributed by atoms with Crippen LogP contribution >= 0.6 is 11.3 Å². The molecule has 6 heteroatoms. The molecule has 1 aliphatic heterocycles. The molecule has 0 saturated carbocycles. The van der Waals surface area contributed by atoms with Crippen molar-refractivity contribution in [1.29, 1.82) is 0 Å². The van der Waals surface area contributed by atoms with Gasteiger partial charge in [-0.15, -0.1) is 11.3 Å². The highest BCUT2D eigenvalue weighted by Gasteiger charge is 2.24. The summed E-state index contributed by atoms with van der Waals surface area (Å²) < 4.78 is 5.66. The second kappa shape index (κ2) is 9.04.